The maximum absolute atomic E-state index is 11.4. The second-order valence-corrected chi connectivity index (χ2v) is 4.77. The Bertz CT molecular complexity index is 447. The van der Waals surface area contributed by atoms with Crippen LogP contribution in [-0.4, -0.2) is 30.5 Å². The van der Waals surface area contributed by atoms with Crippen LogP contribution in [0.4, 0.5) is 5.82 Å². The van der Waals surface area contributed by atoms with E-state index in [9.17, 15) is 4.79 Å². The molecule has 1 saturated heterocycles. The molecule has 3 N–H and O–H groups in total. The molecule has 5 nitrogen and oxygen atoms in total. The summed E-state index contributed by atoms with van der Waals surface area (Å²) in [6, 6.07) is 1.90. The molecule has 0 radical (unpaired) electrons. The molecule has 1 aliphatic heterocycles. The van der Waals surface area contributed by atoms with Gasteiger partial charge in [0.25, 0.3) is 0 Å². The topological polar surface area (TPSA) is 71.2 Å². The minimum absolute atomic E-state index is 0.202. The van der Waals surface area contributed by atoms with Crippen LogP contribution >= 0.6 is 0 Å². The molecule has 1 atom stereocenters. The first-order valence-corrected chi connectivity index (χ1v) is 6.29. The summed E-state index contributed by atoms with van der Waals surface area (Å²) in [6.45, 7) is 3.68. The van der Waals surface area contributed by atoms with Crippen molar-refractivity contribution in [3.05, 3.63) is 23.4 Å². The third-order valence-electron chi connectivity index (χ3n) is 3.34. The lowest BCUT2D eigenvalue weighted by Crippen LogP contribution is -2.41. The van der Waals surface area contributed by atoms with Crippen LogP contribution in [-0.2, 0) is 11.3 Å². The Morgan fingerprint density at radius 2 is 2.44 bits per heavy atom. The van der Waals surface area contributed by atoms with Gasteiger partial charge in [0.2, 0.25) is 5.91 Å². The van der Waals surface area contributed by atoms with Crippen molar-refractivity contribution in [2.75, 3.05) is 18.5 Å². The van der Waals surface area contributed by atoms with Crippen molar-refractivity contribution in [2.24, 2.45) is 5.73 Å². The number of rotatable bonds is 4. The lowest BCUT2D eigenvalue weighted by atomic mass is 10.1. The van der Waals surface area contributed by atoms with E-state index in [0.717, 1.165) is 42.9 Å². The lowest BCUT2D eigenvalue weighted by Gasteiger charge is -2.25. The molecule has 2 heterocycles. The third kappa shape index (κ3) is 2.46. The standard InChI is InChI=1S/C13H20N4O/c1-9-6-10(7-15-2)8-16-13(9)17-5-3-4-11(17)12(14)18/h6,8,11,15H,3-5,7H2,1-2H3,(H2,14,18). The molecule has 1 aromatic heterocycles. The number of aryl methyl sites for hydroxylation is 1. The van der Waals surface area contributed by atoms with Gasteiger partial charge in [0, 0.05) is 19.3 Å². The number of nitrogens with one attached hydrogen (secondary N) is 1. The highest BCUT2D eigenvalue weighted by molar-refractivity contribution is 5.84. The fourth-order valence-electron chi connectivity index (χ4n) is 2.54. The van der Waals surface area contributed by atoms with Crippen LogP contribution in [0, 0.1) is 6.92 Å². The van der Waals surface area contributed by atoms with E-state index in [1.54, 1.807) is 0 Å². The number of amides is 1. The fraction of sp³-hybridized carbons (Fsp3) is 0.538. The predicted octanol–water partition coefficient (Wildman–Crippen LogP) is 0.564. The maximum atomic E-state index is 11.4. The van der Waals surface area contributed by atoms with Crippen LogP contribution in [0.1, 0.15) is 24.0 Å². The molecule has 98 valence electrons. The summed E-state index contributed by atoms with van der Waals surface area (Å²) in [4.78, 5) is 17.9. The molecule has 0 bridgehead atoms. The van der Waals surface area contributed by atoms with Crippen molar-refractivity contribution >= 4 is 11.7 Å². The van der Waals surface area contributed by atoms with E-state index in [1.807, 2.05) is 25.1 Å². The average Bonchev–Trinajstić information content (AvgIpc) is 2.78. The first-order chi connectivity index (χ1) is 8.63. The number of hydrogen-bond donors (Lipinski definition) is 2. The summed E-state index contributed by atoms with van der Waals surface area (Å²) in [5, 5.41) is 3.10. The van der Waals surface area contributed by atoms with Crippen molar-refractivity contribution < 1.29 is 4.79 Å². The van der Waals surface area contributed by atoms with Gasteiger partial charge in [-0.05, 0) is 44.0 Å². The zero-order valence-electron chi connectivity index (χ0n) is 10.9. The van der Waals surface area contributed by atoms with E-state index in [-0.39, 0.29) is 11.9 Å². The number of primary amides is 1. The van der Waals surface area contributed by atoms with Gasteiger partial charge in [0.1, 0.15) is 11.9 Å². The highest BCUT2D eigenvalue weighted by atomic mass is 16.1. The van der Waals surface area contributed by atoms with Crippen molar-refractivity contribution in [3.63, 3.8) is 0 Å². The zero-order valence-corrected chi connectivity index (χ0v) is 10.9. The summed E-state index contributed by atoms with van der Waals surface area (Å²) >= 11 is 0. The number of carbonyl (C=O) groups excluding carboxylic acids is 1. The van der Waals surface area contributed by atoms with Gasteiger partial charge >= 0.3 is 0 Å². The molecule has 1 fully saturated rings. The minimum Gasteiger partial charge on any atom is -0.368 e. The molecule has 0 aromatic carbocycles. The van der Waals surface area contributed by atoms with Crippen molar-refractivity contribution in [3.8, 4) is 0 Å². The Hall–Kier alpha value is -1.62. The number of anilines is 1. The van der Waals surface area contributed by atoms with Gasteiger partial charge in [-0.15, -0.1) is 0 Å². The second kappa shape index (κ2) is 5.35. The molecular weight excluding hydrogens is 228 g/mol. The average molecular weight is 248 g/mol. The van der Waals surface area contributed by atoms with Gasteiger partial charge in [0.05, 0.1) is 0 Å². The Labute approximate surface area is 107 Å². The van der Waals surface area contributed by atoms with Crippen LogP contribution in [0.15, 0.2) is 12.3 Å². The number of pyridine rings is 1. The van der Waals surface area contributed by atoms with Gasteiger partial charge in [-0.2, -0.15) is 0 Å². The summed E-state index contributed by atoms with van der Waals surface area (Å²) in [7, 11) is 1.91. The summed E-state index contributed by atoms with van der Waals surface area (Å²) < 4.78 is 0. The normalized spacial score (nSPS) is 19.2. The lowest BCUT2D eigenvalue weighted by molar-refractivity contribution is -0.119. The molecule has 1 amide bonds. The third-order valence-corrected chi connectivity index (χ3v) is 3.34. The SMILES string of the molecule is CNCc1cnc(N2CCCC2C(N)=O)c(C)c1. The van der Waals surface area contributed by atoms with Crippen LogP contribution < -0.4 is 16.0 Å². The van der Waals surface area contributed by atoms with Gasteiger partial charge in [-0.25, -0.2) is 4.98 Å². The zero-order chi connectivity index (χ0) is 13.1. The van der Waals surface area contributed by atoms with Crippen molar-refractivity contribution in [2.45, 2.75) is 32.4 Å². The van der Waals surface area contributed by atoms with Gasteiger partial charge < -0.3 is 16.0 Å². The van der Waals surface area contributed by atoms with E-state index in [2.05, 4.69) is 16.4 Å². The Morgan fingerprint density at radius 1 is 1.67 bits per heavy atom. The largest absolute Gasteiger partial charge is 0.368 e. The summed E-state index contributed by atoms with van der Waals surface area (Å²) in [5.74, 6) is 0.629. The number of nitrogens with zero attached hydrogens (tertiary/aromatic N) is 2. The molecule has 0 saturated carbocycles. The van der Waals surface area contributed by atoms with Crippen LogP contribution in [0.2, 0.25) is 0 Å². The molecule has 0 aliphatic carbocycles. The monoisotopic (exact) mass is 248 g/mol. The quantitative estimate of drug-likeness (QED) is 0.817. The number of hydrogen-bond acceptors (Lipinski definition) is 4. The second-order valence-electron chi connectivity index (χ2n) is 4.77. The molecule has 1 aliphatic rings. The Kier molecular flexibility index (Phi) is 3.81. The number of aromatic nitrogens is 1. The molecule has 18 heavy (non-hydrogen) atoms. The summed E-state index contributed by atoms with van der Waals surface area (Å²) in [5.41, 5.74) is 7.68. The van der Waals surface area contributed by atoms with Crippen LogP contribution in [0.3, 0.4) is 0 Å². The van der Waals surface area contributed by atoms with Crippen molar-refractivity contribution in [1.29, 1.82) is 0 Å². The number of carbonyl (C=O) groups is 1. The van der Waals surface area contributed by atoms with E-state index >= 15 is 0 Å². The molecule has 0 spiro atoms. The first kappa shape index (κ1) is 12.8. The van der Waals surface area contributed by atoms with Crippen molar-refractivity contribution in [1.82, 2.24) is 10.3 Å². The van der Waals surface area contributed by atoms with E-state index in [1.165, 1.54) is 0 Å². The molecule has 1 aromatic rings. The van der Waals surface area contributed by atoms with Gasteiger partial charge in [0.15, 0.2) is 0 Å². The van der Waals surface area contributed by atoms with Crippen LogP contribution in [0.5, 0.6) is 0 Å². The molecular formula is C13H20N4O. The molecule has 1 unspecified atom stereocenters. The smallest absolute Gasteiger partial charge is 0.240 e. The van der Waals surface area contributed by atoms with E-state index < -0.39 is 0 Å². The summed E-state index contributed by atoms with van der Waals surface area (Å²) in [6.07, 6.45) is 3.68. The van der Waals surface area contributed by atoms with E-state index in [4.69, 9.17) is 5.73 Å². The minimum atomic E-state index is -0.256. The molecule has 2 rings (SSSR count). The first-order valence-electron chi connectivity index (χ1n) is 6.29. The Morgan fingerprint density at radius 3 is 3.06 bits per heavy atom. The highest BCUT2D eigenvalue weighted by Gasteiger charge is 2.30. The predicted molar refractivity (Wildman–Crippen MR) is 71.3 cm³/mol. The maximum Gasteiger partial charge on any atom is 0.240 e. The Balaban J connectivity index is 2.25. The molecule has 5 heteroatoms. The van der Waals surface area contributed by atoms with Gasteiger partial charge in [-0.3, -0.25) is 4.79 Å². The van der Waals surface area contributed by atoms with Gasteiger partial charge in [-0.1, -0.05) is 0 Å². The van der Waals surface area contributed by atoms with E-state index in [0.29, 0.717) is 0 Å². The number of nitrogens with two attached hydrogens (primary N) is 1. The fourth-order valence-corrected chi connectivity index (χ4v) is 2.54. The highest BCUT2D eigenvalue weighted by Crippen LogP contribution is 2.26. The van der Waals surface area contributed by atoms with Crippen LogP contribution in [0.25, 0.3) is 0 Å².